The van der Waals surface area contributed by atoms with E-state index < -0.39 is 0 Å². The second kappa shape index (κ2) is 6.09. The smallest absolute Gasteiger partial charge is 0.257 e. The molecular weight excluding hydrogens is 316 g/mol. The van der Waals surface area contributed by atoms with E-state index in [1.807, 2.05) is 38.1 Å². The van der Waals surface area contributed by atoms with Gasteiger partial charge >= 0.3 is 0 Å². The fourth-order valence-corrected chi connectivity index (χ4v) is 3.17. The summed E-state index contributed by atoms with van der Waals surface area (Å²) in [5.74, 6) is 1.17. The van der Waals surface area contributed by atoms with E-state index >= 15 is 0 Å². The molecule has 4 rings (SSSR count). The Kier molecular flexibility index (Phi) is 3.76. The zero-order valence-corrected chi connectivity index (χ0v) is 14.1. The van der Waals surface area contributed by atoms with Gasteiger partial charge in [0.05, 0.1) is 16.8 Å². The maximum absolute atomic E-state index is 12.9. The molecule has 1 aliphatic rings. The van der Waals surface area contributed by atoms with Gasteiger partial charge in [-0.1, -0.05) is 25.1 Å². The number of carbonyl (C=O) groups is 1. The molecule has 2 heterocycles. The van der Waals surface area contributed by atoms with Crippen LogP contribution >= 0.6 is 0 Å². The number of amides is 1. The van der Waals surface area contributed by atoms with E-state index in [0.717, 1.165) is 22.2 Å². The van der Waals surface area contributed by atoms with E-state index in [1.54, 1.807) is 18.2 Å². The van der Waals surface area contributed by atoms with E-state index in [1.165, 1.54) is 0 Å². The Morgan fingerprint density at radius 3 is 2.80 bits per heavy atom. The highest BCUT2D eigenvalue weighted by atomic mass is 16.7. The lowest BCUT2D eigenvalue weighted by Crippen LogP contribution is -2.17. The first-order chi connectivity index (χ1) is 12.2. The van der Waals surface area contributed by atoms with Crippen molar-refractivity contribution in [2.24, 2.45) is 0 Å². The first kappa shape index (κ1) is 15.4. The summed E-state index contributed by atoms with van der Waals surface area (Å²) in [6, 6.07) is 13.3. The van der Waals surface area contributed by atoms with Crippen LogP contribution in [0.2, 0.25) is 0 Å². The van der Waals surface area contributed by atoms with Gasteiger partial charge in [0.1, 0.15) is 0 Å². The number of carbonyl (C=O) groups excluding carboxylic acids is 1. The molecule has 1 aliphatic heterocycles. The van der Waals surface area contributed by atoms with Gasteiger partial charge in [0, 0.05) is 17.1 Å². The molecule has 5 heteroatoms. The Labute approximate surface area is 145 Å². The highest BCUT2D eigenvalue weighted by Crippen LogP contribution is 2.34. The molecule has 0 saturated heterocycles. The van der Waals surface area contributed by atoms with Gasteiger partial charge in [0.15, 0.2) is 11.5 Å². The van der Waals surface area contributed by atoms with E-state index in [4.69, 9.17) is 9.47 Å². The van der Waals surface area contributed by atoms with Crippen LogP contribution in [0.1, 0.15) is 28.5 Å². The normalized spacial score (nSPS) is 12.4. The van der Waals surface area contributed by atoms with Crippen LogP contribution < -0.4 is 14.8 Å². The monoisotopic (exact) mass is 334 g/mol. The Morgan fingerprint density at radius 2 is 1.96 bits per heavy atom. The number of benzene rings is 2. The van der Waals surface area contributed by atoms with Crippen molar-refractivity contribution < 1.29 is 14.3 Å². The van der Waals surface area contributed by atoms with Crippen LogP contribution in [0.25, 0.3) is 10.9 Å². The first-order valence-electron chi connectivity index (χ1n) is 8.26. The summed E-state index contributed by atoms with van der Waals surface area (Å²) in [7, 11) is 0. The summed E-state index contributed by atoms with van der Waals surface area (Å²) < 4.78 is 10.7. The molecule has 25 heavy (non-hydrogen) atoms. The minimum Gasteiger partial charge on any atom is -0.454 e. The summed E-state index contributed by atoms with van der Waals surface area (Å²) in [6.07, 6.45) is 0.690. The number of hydrogen-bond acceptors (Lipinski definition) is 4. The molecule has 126 valence electrons. The summed E-state index contributed by atoms with van der Waals surface area (Å²) in [4.78, 5) is 17.6. The molecule has 1 aromatic heterocycles. The second-order valence-corrected chi connectivity index (χ2v) is 5.95. The van der Waals surface area contributed by atoms with Crippen LogP contribution in [0, 0.1) is 6.92 Å². The Morgan fingerprint density at radius 1 is 1.16 bits per heavy atom. The van der Waals surface area contributed by atoms with Crippen LogP contribution in [0.3, 0.4) is 0 Å². The van der Waals surface area contributed by atoms with Gasteiger partial charge in [-0.05, 0) is 37.1 Å². The lowest BCUT2D eigenvalue weighted by molar-refractivity contribution is 0.102. The third-order valence-corrected chi connectivity index (χ3v) is 4.42. The van der Waals surface area contributed by atoms with Crippen LogP contribution in [-0.2, 0) is 6.42 Å². The van der Waals surface area contributed by atoms with Gasteiger partial charge < -0.3 is 14.8 Å². The molecule has 0 aliphatic carbocycles. The minimum absolute atomic E-state index is 0.161. The van der Waals surface area contributed by atoms with Crippen molar-refractivity contribution in [1.29, 1.82) is 0 Å². The number of nitrogens with one attached hydrogen (secondary N) is 1. The summed E-state index contributed by atoms with van der Waals surface area (Å²) >= 11 is 0. The van der Waals surface area contributed by atoms with Gasteiger partial charge in [0.25, 0.3) is 5.91 Å². The van der Waals surface area contributed by atoms with Crippen LogP contribution in [0.15, 0.2) is 42.5 Å². The van der Waals surface area contributed by atoms with Gasteiger partial charge in [-0.25, -0.2) is 0 Å². The second-order valence-electron chi connectivity index (χ2n) is 5.95. The Balaban J connectivity index is 1.73. The van der Waals surface area contributed by atoms with E-state index in [0.29, 0.717) is 29.2 Å². The van der Waals surface area contributed by atoms with Crippen molar-refractivity contribution in [1.82, 2.24) is 4.98 Å². The van der Waals surface area contributed by atoms with Crippen molar-refractivity contribution in [3.05, 3.63) is 59.3 Å². The number of ether oxygens (including phenoxy) is 2. The predicted octanol–water partition coefficient (Wildman–Crippen LogP) is 4.09. The largest absolute Gasteiger partial charge is 0.454 e. The third-order valence-electron chi connectivity index (χ3n) is 4.42. The maximum atomic E-state index is 12.9. The number of fused-ring (bicyclic) bond motifs is 2. The molecule has 0 radical (unpaired) electrons. The molecular formula is C20H18N2O3. The molecule has 0 atom stereocenters. The Bertz CT molecular complexity index is 982. The number of para-hydroxylation sites is 1. The van der Waals surface area contributed by atoms with E-state index in [-0.39, 0.29) is 12.7 Å². The highest BCUT2D eigenvalue weighted by molar-refractivity contribution is 6.08. The third kappa shape index (κ3) is 2.67. The number of anilines is 1. The van der Waals surface area contributed by atoms with Gasteiger partial charge in [-0.15, -0.1) is 0 Å². The fraction of sp³-hybridized carbons (Fsp3) is 0.200. The standard InChI is InChI=1S/C20H18N2O3/c1-3-15-19(12(2)14-6-4-5-7-16(14)22-15)20(23)21-13-8-9-17-18(10-13)25-11-24-17/h4-10H,3,11H2,1-2H3,(H,21,23). The maximum Gasteiger partial charge on any atom is 0.257 e. The summed E-state index contributed by atoms with van der Waals surface area (Å²) in [6.45, 7) is 4.19. The molecule has 0 bridgehead atoms. The molecule has 2 aromatic carbocycles. The Hall–Kier alpha value is -3.08. The predicted molar refractivity (Wildman–Crippen MR) is 96.4 cm³/mol. The lowest BCUT2D eigenvalue weighted by Gasteiger charge is -2.14. The van der Waals surface area contributed by atoms with E-state index in [9.17, 15) is 4.79 Å². The van der Waals surface area contributed by atoms with Crippen LogP contribution in [-0.4, -0.2) is 17.7 Å². The van der Waals surface area contributed by atoms with Crippen molar-refractivity contribution in [3.8, 4) is 11.5 Å². The summed E-state index contributed by atoms with van der Waals surface area (Å²) in [5, 5.41) is 3.95. The molecule has 0 spiro atoms. The lowest BCUT2D eigenvalue weighted by atomic mass is 9.99. The van der Waals surface area contributed by atoms with Crippen molar-refractivity contribution in [2.45, 2.75) is 20.3 Å². The zero-order valence-electron chi connectivity index (χ0n) is 14.1. The minimum atomic E-state index is -0.161. The zero-order chi connectivity index (χ0) is 17.4. The molecule has 0 saturated carbocycles. The highest BCUT2D eigenvalue weighted by Gasteiger charge is 2.19. The van der Waals surface area contributed by atoms with Crippen molar-refractivity contribution in [3.63, 3.8) is 0 Å². The van der Waals surface area contributed by atoms with Crippen LogP contribution in [0.5, 0.6) is 11.5 Å². The molecule has 0 fully saturated rings. The molecule has 5 nitrogen and oxygen atoms in total. The number of pyridine rings is 1. The van der Waals surface area contributed by atoms with Gasteiger partial charge in [0.2, 0.25) is 6.79 Å². The summed E-state index contributed by atoms with van der Waals surface area (Å²) in [5.41, 5.74) is 3.97. The topological polar surface area (TPSA) is 60.5 Å². The van der Waals surface area contributed by atoms with Crippen molar-refractivity contribution >= 4 is 22.5 Å². The average molecular weight is 334 g/mol. The van der Waals surface area contributed by atoms with Crippen molar-refractivity contribution in [2.75, 3.05) is 12.1 Å². The molecule has 0 unspecified atom stereocenters. The van der Waals surface area contributed by atoms with Crippen LogP contribution in [0.4, 0.5) is 5.69 Å². The molecule has 1 amide bonds. The van der Waals surface area contributed by atoms with Gasteiger partial charge in [-0.2, -0.15) is 0 Å². The molecule has 3 aromatic rings. The number of aromatic nitrogens is 1. The molecule has 1 N–H and O–H groups in total. The van der Waals surface area contributed by atoms with E-state index in [2.05, 4.69) is 10.3 Å². The first-order valence-corrected chi connectivity index (χ1v) is 8.26. The average Bonchev–Trinajstić information content (AvgIpc) is 3.09. The number of hydrogen-bond donors (Lipinski definition) is 1. The fourth-order valence-electron chi connectivity index (χ4n) is 3.17. The SMILES string of the molecule is CCc1nc2ccccc2c(C)c1C(=O)Nc1ccc2c(c1)OCO2. The number of rotatable bonds is 3. The number of aryl methyl sites for hydroxylation is 2. The van der Waals surface area contributed by atoms with Gasteiger partial charge in [-0.3, -0.25) is 9.78 Å². The number of nitrogens with zero attached hydrogens (tertiary/aromatic N) is 1. The quantitative estimate of drug-likeness (QED) is 0.784.